The summed E-state index contributed by atoms with van der Waals surface area (Å²) < 4.78 is 40.6. The Labute approximate surface area is 345 Å². The summed E-state index contributed by atoms with van der Waals surface area (Å²) in [5, 5.41) is 16.3. The molecule has 0 radical (unpaired) electrons. The number of H-pyrrole nitrogens is 1. The Morgan fingerprint density at radius 3 is 1.75 bits per heavy atom. The van der Waals surface area contributed by atoms with Crippen LogP contribution in [0.25, 0.3) is 22.5 Å². The molecular weight excluding hydrogens is 767 g/mol. The number of aromatic hydroxyl groups is 1. The number of para-hydroxylation sites is 3. The van der Waals surface area contributed by atoms with Crippen molar-refractivity contribution in [2.45, 2.75) is 13.2 Å². The minimum Gasteiger partial charge on any atom is -0.507 e. The van der Waals surface area contributed by atoms with E-state index in [1.54, 1.807) is 73.1 Å². The van der Waals surface area contributed by atoms with Crippen LogP contribution < -0.4 is 9.47 Å². The molecule has 0 saturated heterocycles. The molecule has 0 spiro atoms. The number of imidazole rings is 2. The summed E-state index contributed by atoms with van der Waals surface area (Å²) in [7, 11) is 3.83. The van der Waals surface area contributed by atoms with Gasteiger partial charge in [-0.05, 0) is 91.0 Å². The summed E-state index contributed by atoms with van der Waals surface area (Å²) in [6, 6.07) is 35.3. The van der Waals surface area contributed by atoms with Gasteiger partial charge in [0.2, 0.25) is 0 Å². The van der Waals surface area contributed by atoms with E-state index in [0.717, 1.165) is 46.2 Å². The quantitative estimate of drug-likeness (QED) is 0.103. The van der Waals surface area contributed by atoms with Crippen LogP contribution >= 0.6 is 0 Å². The molecule has 8 aromatic rings. The molecular formula is C47H40F2N6O5. The molecule has 3 heterocycles. The Kier molecular flexibility index (Phi) is 15.8. The third-order valence-electron chi connectivity index (χ3n) is 8.57. The number of hydrogen-bond donors (Lipinski definition) is 2. The molecule has 0 saturated carbocycles. The lowest BCUT2D eigenvalue weighted by Crippen LogP contribution is -2.04. The van der Waals surface area contributed by atoms with Gasteiger partial charge in [0.1, 0.15) is 53.7 Å². The molecule has 0 aliphatic rings. The lowest BCUT2D eigenvalue weighted by Gasteiger charge is -2.10. The molecule has 8 rings (SSSR count). The number of nitrogens with zero attached hydrogens (tertiary/aromatic N) is 5. The number of carbonyl (C=O) groups is 2. The van der Waals surface area contributed by atoms with Crippen molar-refractivity contribution in [2.75, 3.05) is 0 Å². The second-order valence-electron chi connectivity index (χ2n) is 12.6. The highest BCUT2D eigenvalue weighted by atomic mass is 19.1. The van der Waals surface area contributed by atoms with E-state index in [2.05, 4.69) is 26.1 Å². The van der Waals surface area contributed by atoms with Crippen LogP contribution in [-0.4, -0.2) is 47.0 Å². The Balaban J connectivity index is 0.000000170. The molecule has 0 aliphatic carbocycles. The van der Waals surface area contributed by atoms with Crippen LogP contribution in [0.4, 0.5) is 8.78 Å². The summed E-state index contributed by atoms with van der Waals surface area (Å²) in [4.78, 5) is 29.2. The van der Waals surface area contributed by atoms with Crippen molar-refractivity contribution in [3.63, 3.8) is 0 Å². The average Bonchev–Trinajstić information content (AvgIpc) is 4.05. The van der Waals surface area contributed by atoms with Crippen LogP contribution in [0.5, 0.6) is 17.2 Å². The number of halogens is 2. The fourth-order valence-electron chi connectivity index (χ4n) is 5.24. The Morgan fingerprint density at radius 1 is 0.700 bits per heavy atom. The van der Waals surface area contributed by atoms with Crippen molar-refractivity contribution in [3.8, 4) is 52.1 Å². The highest BCUT2D eigenvalue weighted by Gasteiger charge is 2.12. The van der Waals surface area contributed by atoms with E-state index in [9.17, 15) is 18.4 Å². The third-order valence-corrected chi connectivity index (χ3v) is 8.57. The Bertz CT molecular complexity index is 2630. The monoisotopic (exact) mass is 806 g/mol. The normalized spacial score (nSPS) is 9.98. The topological polar surface area (TPSA) is 137 Å². The van der Waals surface area contributed by atoms with Crippen molar-refractivity contribution < 1.29 is 33.0 Å². The smallest absolute Gasteiger partial charge is 0.153 e. The standard InChI is InChI=1S/C20H17FN4O.C12H12N2O2.C8H5F.C7H6O2/c1-25-11-10-22-20(25)13-26-19-5-3-2-4-16(19)18-12-17(23-24-18)14-6-8-15(21)9-7-14;1-14-7-6-13-12(14)9-16-11-5-3-2-4-10(11)8-15;1-2-7-3-5-8(9)6-4-7;8-5-6-3-1-2-4-7(6)9/h2-12H,13H2,1H3,(H,23,24);2-8H,9H2,1H3;1,3-6H;1-5,9H. The second kappa shape index (κ2) is 22.0. The number of aromatic nitrogens is 6. The minimum absolute atomic E-state index is 0.0347. The lowest BCUT2D eigenvalue weighted by molar-refractivity contribution is 0.111. The van der Waals surface area contributed by atoms with Crippen LogP contribution in [0.2, 0.25) is 0 Å². The number of rotatable bonds is 10. The SMILES string of the molecule is C#Cc1ccc(F)cc1.Cn1ccnc1COc1ccccc1-c1cc(-c2ccc(F)cc2)n[nH]1.Cn1ccnc1COc1ccccc1C=O.O=Cc1ccccc1O. The molecule has 0 unspecified atom stereocenters. The minimum atomic E-state index is -0.266. The molecule has 3 aromatic heterocycles. The van der Waals surface area contributed by atoms with Gasteiger partial charge in [-0.25, -0.2) is 18.7 Å². The van der Waals surface area contributed by atoms with E-state index in [0.29, 0.717) is 41.9 Å². The molecule has 302 valence electrons. The van der Waals surface area contributed by atoms with Gasteiger partial charge in [0.25, 0.3) is 0 Å². The summed E-state index contributed by atoms with van der Waals surface area (Å²) in [5.41, 5.74) is 4.92. The number of aromatic amines is 1. The lowest BCUT2D eigenvalue weighted by atomic mass is 10.1. The van der Waals surface area contributed by atoms with Crippen molar-refractivity contribution in [3.05, 3.63) is 192 Å². The summed E-state index contributed by atoms with van der Waals surface area (Å²) in [6.07, 6.45) is 13.6. The van der Waals surface area contributed by atoms with Crippen molar-refractivity contribution >= 4 is 12.6 Å². The van der Waals surface area contributed by atoms with Gasteiger partial charge in [0.15, 0.2) is 12.6 Å². The first-order chi connectivity index (χ1) is 29.2. The number of nitrogens with one attached hydrogen (secondary N) is 1. The van der Waals surface area contributed by atoms with Crippen molar-refractivity contribution in [1.82, 2.24) is 29.3 Å². The Hall–Kier alpha value is -8.11. The zero-order valence-corrected chi connectivity index (χ0v) is 32.7. The zero-order valence-electron chi connectivity index (χ0n) is 32.7. The molecule has 13 heteroatoms. The van der Waals surface area contributed by atoms with Gasteiger partial charge >= 0.3 is 0 Å². The van der Waals surface area contributed by atoms with Crippen LogP contribution in [-0.2, 0) is 27.3 Å². The molecule has 5 aromatic carbocycles. The van der Waals surface area contributed by atoms with Crippen molar-refractivity contribution in [2.24, 2.45) is 14.1 Å². The van der Waals surface area contributed by atoms with E-state index in [-0.39, 0.29) is 17.4 Å². The number of ether oxygens (including phenoxy) is 2. The maximum Gasteiger partial charge on any atom is 0.153 e. The van der Waals surface area contributed by atoms with E-state index in [1.165, 1.54) is 30.3 Å². The fourth-order valence-corrected chi connectivity index (χ4v) is 5.24. The molecule has 0 bridgehead atoms. The molecule has 60 heavy (non-hydrogen) atoms. The predicted molar refractivity (Wildman–Crippen MR) is 224 cm³/mol. The van der Waals surface area contributed by atoms with Gasteiger partial charge in [0, 0.05) is 55.6 Å². The van der Waals surface area contributed by atoms with Gasteiger partial charge in [-0.15, -0.1) is 6.42 Å². The van der Waals surface area contributed by atoms with E-state index >= 15 is 0 Å². The number of terminal acetylenes is 1. The van der Waals surface area contributed by atoms with Crippen LogP contribution in [0.3, 0.4) is 0 Å². The first kappa shape index (κ1) is 43.0. The summed E-state index contributed by atoms with van der Waals surface area (Å²) in [5.74, 6) is 4.89. The average molecular weight is 807 g/mol. The molecule has 2 N–H and O–H groups in total. The summed E-state index contributed by atoms with van der Waals surface area (Å²) in [6.45, 7) is 0.730. The summed E-state index contributed by atoms with van der Waals surface area (Å²) >= 11 is 0. The van der Waals surface area contributed by atoms with Gasteiger partial charge in [-0.3, -0.25) is 14.7 Å². The maximum absolute atomic E-state index is 13.1. The highest BCUT2D eigenvalue weighted by molar-refractivity contribution is 5.79. The molecule has 0 atom stereocenters. The van der Waals surface area contributed by atoms with Crippen LogP contribution in [0.15, 0.2) is 152 Å². The van der Waals surface area contributed by atoms with Gasteiger partial charge in [0.05, 0.1) is 22.5 Å². The zero-order chi connectivity index (χ0) is 42.7. The number of phenolic OH excluding ortho intramolecular Hbond substituents is 1. The number of hydrogen-bond acceptors (Lipinski definition) is 8. The molecule has 0 amide bonds. The molecule has 0 fully saturated rings. The van der Waals surface area contributed by atoms with E-state index in [4.69, 9.17) is 21.0 Å². The number of aldehydes is 2. The van der Waals surface area contributed by atoms with Gasteiger partial charge < -0.3 is 23.7 Å². The third kappa shape index (κ3) is 12.4. The molecule has 11 nitrogen and oxygen atoms in total. The van der Waals surface area contributed by atoms with Crippen LogP contribution in [0, 0.1) is 24.0 Å². The highest BCUT2D eigenvalue weighted by Crippen LogP contribution is 2.31. The second-order valence-corrected chi connectivity index (χ2v) is 12.6. The van der Waals surface area contributed by atoms with Gasteiger partial charge in [-0.2, -0.15) is 5.10 Å². The first-order valence-corrected chi connectivity index (χ1v) is 18.3. The number of phenols is 1. The van der Waals surface area contributed by atoms with Gasteiger partial charge in [-0.1, -0.05) is 42.3 Å². The Morgan fingerprint density at radius 2 is 1.22 bits per heavy atom. The number of benzene rings is 5. The number of aryl methyl sites for hydroxylation is 2. The predicted octanol–water partition coefficient (Wildman–Crippen LogP) is 9.02. The van der Waals surface area contributed by atoms with Crippen molar-refractivity contribution in [1.29, 1.82) is 0 Å². The maximum atomic E-state index is 13.1. The fraction of sp³-hybridized carbons (Fsp3) is 0.0851. The van der Waals surface area contributed by atoms with E-state index in [1.807, 2.05) is 72.0 Å². The van der Waals surface area contributed by atoms with E-state index < -0.39 is 0 Å². The molecule has 0 aliphatic heterocycles. The first-order valence-electron chi connectivity index (χ1n) is 18.3. The number of carbonyl (C=O) groups excluding carboxylic acids is 2. The largest absolute Gasteiger partial charge is 0.507 e. The van der Waals surface area contributed by atoms with Crippen LogP contribution in [0.1, 0.15) is 37.9 Å².